The first-order valence-corrected chi connectivity index (χ1v) is 4.12. The van der Waals surface area contributed by atoms with Gasteiger partial charge in [0.25, 0.3) is 0 Å². The van der Waals surface area contributed by atoms with Crippen LogP contribution in [0.25, 0.3) is 0 Å². The van der Waals surface area contributed by atoms with E-state index in [1.165, 1.54) is 32.2 Å². The van der Waals surface area contributed by atoms with Crippen LogP contribution in [0, 0.1) is 11.3 Å². The summed E-state index contributed by atoms with van der Waals surface area (Å²) in [6.07, 6.45) is 6.10. The topological polar surface area (TPSA) is 12.0 Å². The normalized spacial score (nSPS) is 55.3. The van der Waals surface area contributed by atoms with E-state index >= 15 is 0 Å². The van der Waals surface area contributed by atoms with E-state index in [9.17, 15) is 0 Å². The fraction of sp³-hybridized carbons (Fsp3) is 1.00. The lowest BCUT2D eigenvalue weighted by molar-refractivity contribution is 0.162. The van der Waals surface area contributed by atoms with Crippen LogP contribution in [0.3, 0.4) is 0 Å². The summed E-state index contributed by atoms with van der Waals surface area (Å²) >= 11 is 0. The van der Waals surface area contributed by atoms with Crippen LogP contribution >= 0.6 is 0 Å². The highest BCUT2D eigenvalue weighted by Gasteiger charge is 2.57. The Balaban J connectivity index is 1.87. The van der Waals surface area contributed by atoms with Crippen molar-refractivity contribution in [3.63, 3.8) is 0 Å². The Bertz CT molecular complexity index is 137. The monoisotopic (exact) mass is 123 g/mol. The SMILES string of the molecule is C1CC1C12CNC(C1)C2. The zero-order chi connectivity index (χ0) is 5.90. The third-order valence-corrected chi connectivity index (χ3v) is 3.49. The highest BCUT2D eigenvalue weighted by atomic mass is 15.0. The number of hydrogen-bond acceptors (Lipinski definition) is 1. The van der Waals surface area contributed by atoms with Gasteiger partial charge in [0.1, 0.15) is 0 Å². The molecule has 0 amide bonds. The average molecular weight is 123 g/mol. The van der Waals surface area contributed by atoms with Crippen molar-refractivity contribution in [3.05, 3.63) is 0 Å². The van der Waals surface area contributed by atoms with Crippen molar-refractivity contribution in [2.45, 2.75) is 31.7 Å². The zero-order valence-electron chi connectivity index (χ0n) is 5.69. The van der Waals surface area contributed by atoms with Gasteiger partial charge in [-0.25, -0.2) is 0 Å². The number of hydrogen-bond donors (Lipinski definition) is 1. The molecule has 0 aromatic carbocycles. The molecule has 0 radical (unpaired) electrons. The van der Waals surface area contributed by atoms with Crippen molar-refractivity contribution >= 4 is 0 Å². The maximum Gasteiger partial charge on any atom is 0.00790 e. The minimum Gasteiger partial charge on any atom is -0.313 e. The minimum absolute atomic E-state index is 0.838. The van der Waals surface area contributed by atoms with Gasteiger partial charge in [-0.3, -0.25) is 0 Å². The summed E-state index contributed by atoms with van der Waals surface area (Å²) in [5.74, 6) is 1.14. The highest BCUT2D eigenvalue weighted by Crippen LogP contribution is 2.59. The molecule has 4 rings (SSSR count). The molecule has 2 saturated heterocycles. The molecule has 0 aromatic heterocycles. The second-order valence-electron chi connectivity index (χ2n) is 4.12. The van der Waals surface area contributed by atoms with Crippen molar-refractivity contribution in [2.24, 2.45) is 11.3 Å². The molecule has 0 atom stereocenters. The molecule has 2 saturated carbocycles. The molecule has 2 heterocycles. The van der Waals surface area contributed by atoms with E-state index in [1.54, 1.807) is 0 Å². The fourth-order valence-electron chi connectivity index (χ4n) is 2.73. The Hall–Kier alpha value is -0.0400. The Morgan fingerprint density at radius 1 is 1.22 bits per heavy atom. The lowest BCUT2D eigenvalue weighted by Crippen LogP contribution is -2.35. The molecule has 0 spiro atoms. The molecule has 1 N–H and O–H groups in total. The van der Waals surface area contributed by atoms with Gasteiger partial charge in [0, 0.05) is 12.6 Å². The van der Waals surface area contributed by atoms with Gasteiger partial charge in [-0.2, -0.15) is 0 Å². The molecule has 4 fully saturated rings. The fourth-order valence-corrected chi connectivity index (χ4v) is 2.73. The van der Waals surface area contributed by atoms with Crippen LogP contribution in [-0.4, -0.2) is 12.6 Å². The standard InChI is InChI=1S/C8H13N/c1-2-6(1)8-3-7(4-8)9-5-8/h6-7,9H,1-5H2. The van der Waals surface area contributed by atoms with E-state index in [0.717, 1.165) is 17.4 Å². The van der Waals surface area contributed by atoms with Gasteiger partial charge >= 0.3 is 0 Å². The van der Waals surface area contributed by atoms with Crippen LogP contribution in [-0.2, 0) is 0 Å². The van der Waals surface area contributed by atoms with E-state index < -0.39 is 0 Å². The third kappa shape index (κ3) is 0.454. The van der Waals surface area contributed by atoms with Crippen molar-refractivity contribution in [2.75, 3.05) is 6.54 Å². The van der Waals surface area contributed by atoms with Crippen molar-refractivity contribution in [3.8, 4) is 0 Å². The number of nitrogens with one attached hydrogen (secondary N) is 1. The lowest BCUT2D eigenvalue weighted by atomic mass is 9.67. The van der Waals surface area contributed by atoms with Gasteiger partial charge in [0.05, 0.1) is 0 Å². The van der Waals surface area contributed by atoms with E-state index in [-0.39, 0.29) is 0 Å². The summed E-state index contributed by atoms with van der Waals surface area (Å²) in [7, 11) is 0. The molecule has 0 unspecified atom stereocenters. The van der Waals surface area contributed by atoms with E-state index in [1.807, 2.05) is 0 Å². The van der Waals surface area contributed by atoms with Gasteiger partial charge in [0.15, 0.2) is 0 Å². The van der Waals surface area contributed by atoms with E-state index in [0.29, 0.717) is 0 Å². The maximum atomic E-state index is 3.56. The number of fused-ring (bicyclic) bond motifs is 1. The third-order valence-electron chi connectivity index (χ3n) is 3.49. The van der Waals surface area contributed by atoms with Crippen molar-refractivity contribution in [1.82, 2.24) is 5.32 Å². The molecule has 2 aliphatic carbocycles. The molecular formula is C8H13N. The summed E-state index contributed by atoms with van der Waals surface area (Å²) < 4.78 is 0. The molecule has 0 aromatic rings. The molecule has 1 nitrogen and oxygen atoms in total. The average Bonchev–Trinajstić information content (AvgIpc) is 2.42. The Morgan fingerprint density at radius 3 is 2.44 bits per heavy atom. The first-order valence-electron chi connectivity index (χ1n) is 4.12. The summed E-state index contributed by atoms with van der Waals surface area (Å²) in [5, 5.41) is 3.56. The van der Waals surface area contributed by atoms with Gasteiger partial charge in [0.2, 0.25) is 0 Å². The van der Waals surface area contributed by atoms with Gasteiger partial charge in [-0.15, -0.1) is 0 Å². The lowest BCUT2D eigenvalue weighted by Gasteiger charge is -2.37. The van der Waals surface area contributed by atoms with E-state index in [4.69, 9.17) is 0 Å². The molecular weight excluding hydrogens is 110 g/mol. The molecule has 2 bridgehead atoms. The zero-order valence-corrected chi connectivity index (χ0v) is 5.69. The summed E-state index contributed by atoms with van der Waals surface area (Å²) in [4.78, 5) is 0. The minimum atomic E-state index is 0.838. The first kappa shape index (κ1) is 4.73. The van der Waals surface area contributed by atoms with Gasteiger partial charge in [-0.05, 0) is 37.0 Å². The maximum absolute atomic E-state index is 3.56. The van der Waals surface area contributed by atoms with Crippen LogP contribution in [0.1, 0.15) is 25.7 Å². The second-order valence-corrected chi connectivity index (χ2v) is 4.12. The number of rotatable bonds is 1. The highest BCUT2D eigenvalue weighted by molar-refractivity contribution is 5.12. The second kappa shape index (κ2) is 1.20. The van der Waals surface area contributed by atoms with Gasteiger partial charge < -0.3 is 5.32 Å². The summed E-state index contributed by atoms with van der Waals surface area (Å²) in [6, 6.07) is 0.936. The quantitative estimate of drug-likeness (QED) is 0.551. The Labute approximate surface area is 55.8 Å². The molecule has 2 aliphatic heterocycles. The van der Waals surface area contributed by atoms with Crippen LogP contribution in [0.5, 0.6) is 0 Å². The Morgan fingerprint density at radius 2 is 2.00 bits per heavy atom. The van der Waals surface area contributed by atoms with Crippen LogP contribution in [0.2, 0.25) is 0 Å². The molecule has 9 heavy (non-hydrogen) atoms. The largest absolute Gasteiger partial charge is 0.313 e. The summed E-state index contributed by atoms with van der Waals surface area (Å²) in [6.45, 7) is 1.35. The molecule has 1 heteroatoms. The summed E-state index contributed by atoms with van der Waals surface area (Å²) in [5.41, 5.74) is 0.838. The van der Waals surface area contributed by atoms with Crippen LogP contribution in [0.4, 0.5) is 0 Å². The van der Waals surface area contributed by atoms with Crippen molar-refractivity contribution in [1.29, 1.82) is 0 Å². The first-order chi connectivity index (χ1) is 4.39. The smallest absolute Gasteiger partial charge is 0.00790 e. The predicted octanol–water partition coefficient (Wildman–Crippen LogP) is 1.15. The van der Waals surface area contributed by atoms with Crippen LogP contribution < -0.4 is 5.32 Å². The predicted molar refractivity (Wildman–Crippen MR) is 36.2 cm³/mol. The van der Waals surface area contributed by atoms with Crippen molar-refractivity contribution < 1.29 is 0 Å². The molecule has 4 aliphatic rings. The van der Waals surface area contributed by atoms with Crippen LogP contribution in [0.15, 0.2) is 0 Å². The Kier molecular flexibility index (Phi) is 0.628. The molecule has 50 valence electrons. The van der Waals surface area contributed by atoms with Gasteiger partial charge in [-0.1, -0.05) is 0 Å². The van der Waals surface area contributed by atoms with E-state index in [2.05, 4.69) is 5.32 Å².